The minimum atomic E-state index is -0.282. The molecule has 1 fully saturated rings. The number of aliphatic hydroxyl groups excluding tert-OH is 1. The smallest absolute Gasteiger partial charge is 0.231 e. The summed E-state index contributed by atoms with van der Waals surface area (Å²) in [4.78, 5) is 2.42. The van der Waals surface area contributed by atoms with Gasteiger partial charge in [0, 0.05) is 44.2 Å². The molecule has 0 saturated carbocycles. The number of rotatable bonds is 5. The Morgan fingerprint density at radius 2 is 2.04 bits per heavy atom. The first-order valence-electron chi connectivity index (χ1n) is 8.10. The molecule has 128 valence electrons. The zero-order valence-electron chi connectivity index (χ0n) is 14.1. The Bertz CT molecular complexity index is 556. The third kappa shape index (κ3) is 3.11. The lowest BCUT2D eigenvalue weighted by atomic mass is 9.79. The second kappa shape index (κ2) is 6.55. The molecule has 6 heteroatoms. The quantitative estimate of drug-likeness (QED) is 0.854. The van der Waals surface area contributed by atoms with E-state index < -0.39 is 0 Å². The summed E-state index contributed by atoms with van der Waals surface area (Å²) in [6, 6.07) is 4.12. The molecule has 2 heterocycles. The maximum atomic E-state index is 9.95. The van der Waals surface area contributed by atoms with Crippen molar-refractivity contribution in [3.05, 3.63) is 17.7 Å². The fourth-order valence-corrected chi connectivity index (χ4v) is 3.49. The van der Waals surface area contributed by atoms with Gasteiger partial charge in [0.25, 0.3) is 0 Å². The summed E-state index contributed by atoms with van der Waals surface area (Å²) in [6.45, 7) is 8.33. The zero-order valence-corrected chi connectivity index (χ0v) is 14.1. The van der Waals surface area contributed by atoms with Crippen molar-refractivity contribution in [1.29, 1.82) is 0 Å². The van der Waals surface area contributed by atoms with E-state index in [0.29, 0.717) is 17.2 Å². The average molecular weight is 322 g/mol. The Balaban J connectivity index is 2.02. The molecular formula is C17H26N2O4. The summed E-state index contributed by atoms with van der Waals surface area (Å²) in [5.41, 5.74) is 0.808. The first-order valence-corrected chi connectivity index (χ1v) is 8.10. The lowest BCUT2D eigenvalue weighted by Gasteiger charge is -2.43. The van der Waals surface area contributed by atoms with Crippen molar-refractivity contribution in [2.24, 2.45) is 5.41 Å². The summed E-state index contributed by atoms with van der Waals surface area (Å²) in [6.07, 6.45) is 0. The summed E-state index contributed by atoms with van der Waals surface area (Å²) in [5.74, 6) is 2.06. The lowest BCUT2D eigenvalue weighted by molar-refractivity contribution is 0.0303. The van der Waals surface area contributed by atoms with E-state index in [9.17, 15) is 5.11 Å². The molecule has 23 heavy (non-hydrogen) atoms. The van der Waals surface area contributed by atoms with Crippen molar-refractivity contribution in [2.75, 3.05) is 46.7 Å². The minimum Gasteiger partial charge on any atom is -0.493 e. The highest BCUT2D eigenvalue weighted by Crippen LogP contribution is 2.47. The number of hydrogen-bond acceptors (Lipinski definition) is 6. The Morgan fingerprint density at radius 3 is 2.70 bits per heavy atom. The molecule has 1 saturated heterocycles. The highest BCUT2D eigenvalue weighted by molar-refractivity contribution is 5.55. The van der Waals surface area contributed by atoms with Crippen LogP contribution < -0.4 is 19.5 Å². The molecule has 2 aliphatic heterocycles. The van der Waals surface area contributed by atoms with Crippen molar-refractivity contribution in [2.45, 2.75) is 19.9 Å². The topological polar surface area (TPSA) is 63.2 Å². The Hall–Kier alpha value is -1.50. The minimum absolute atomic E-state index is 0.0815. The van der Waals surface area contributed by atoms with E-state index in [2.05, 4.69) is 24.1 Å². The predicted octanol–water partition coefficient (Wildman–Crippen LogP) is 1.39. The molecule has 1 aromatic carbocycles. The number of piperazine rings is 1. The molecule has 0 bridgehead atoms. The first-order chi connectivity index (χ1) is 11.1. The standard InChI is InChI=1S/C17H26N2O4/c1-17(2,10-20)16(19-6-4-18-5-7-19)12-8-13(21-3)15-14(9-12)22-11-23-15/h8-9,16,18,20H,4-7,10-11H2,1-3H3/t16-/m1/s1. The second-order valence-electron chi connectivity index (χ2n) is 6.79. The van der Waals surface area contributed by atoms with Gasteiger partial charge in [-0.25, -0.2) is 0 Å². The van der Waals surface area contributed by atoms with Gasteiger partial charge in [0.05, 0.1) is 7.11 Å². The van der Waals surface area contributed by atoms with Crippen LogP contribution in [0, 0.1) is 5.41 Å². The van der Waals surface area contributed by atoms with Crippen molar-refractivity contribution < 1.29 is 19.3 Å². The lowest BCUT2D eigenvalue weighted by Crippen LogP contribution is -2.49. The molecule has 2 aliphatic rings. The summed E-state index contributed by atoms with van der Waals surface area (Å²) >= 11 is 0. The summed E-state index contributed by atoms with van der Waals surface area (Å²) < 4.78 is 16.5. The van der Waals surface area contributed by atoms with Gasteiger partial charge < -0.3 is 24.6 Å². The van der Waals surface area contributed by atoms with Crippen molar-refractivity contribution in [3.63, 3.8) is 0 Å². The monoisotopic (exact) mass is 322 g/mol. The van der Waals surface area contributed by atoms with Gasteiger partial charge in [-0.1, -0.05) is 13.8 Å². The van der Waals surface area contributed by atoms with Gasteiger partial charge in [-0.3, -0.25) is 4.90 Å². The molecule has 2 N–H and O–H groups in total. The Kier molecular flexibility index (Phi) is 4.66. The Labute approximate surface area is 137 Å². The molecule has 0 aliphatic carbocycles. The maximum absolute atomic E-state index is 9.95. The van der Waals surface area contributed by atoms with Crippen LogP contribution in [-0.4, -0.2) is 56.7 Å². The van der Waals surface area contributed by atoms with Crippen molar-refractivity contribution in [1.82, 2.24) is 10.2 Å². The molecule has 1 aromatic rings. The molecular weight excluding hydrogens is 296 g/mol. The molecule has 6 nitrogen and oxygen atoms in total. The molecule has 0 amide bonds. The van der Waals surface area contributed by atoms with E-state index in [0.717, 1.165) is 31.7 Å². The van der Waals surface area contributed by atoms with Crippen LogP contribution in [0.4, 0.5) is 0 Å². The van der Waals surface area contributed by atoms with Crippen molar-refractivity contribution in [3.8, 4) is 17.2 Å². The van der Waals surface area contributed by atoms with Gasteiger partial charge in [-0.05, 0) is 17.7 Å². The Morgan fingerprint density at radius 1 is 1.30 bits per heavy atom. The normalized spacial score (nSPS) is 19.7. The van der Waals surface area contributed by atoms with Gasteiger partial charge >= 0.3 is 0 Å². The number of nitrogens with one attached hydrogen (secondary N) is 1. The second-order valence-corrected chi connectivity index (χ2v) is 6.79. The van der Waals surface area contributed by atoms with Crippen LogP contribution in [0.25, 0.3) is 0 Å². The fraction of sp³-hybridized carbons (Fsp3) is 0.647. The number of methoxy groups -OCH3 is 1. The molecule has 0 spiro atoms. The van der Waals surface area contributed by atoms with Gasteiger partial charge in [0.2, 0.25) is 12.5 Å². The van der Waals surface area contributed by atoms with E-state index in [1.807, 2.05) is 12.1 Å². The number of fused-ring (bicyclic) bond motifs is 1. The number of nitrogens with zero attached hydrogens (tertiary/aromatic N) is 1. The van der Waals surface area contributed by atoms with Crippen LogP contribution >= 0.6 is 0 Å². The molecule has 3 rings (SSSR count). The van der Waals surface area contributed by atoms with E-state index in [4.69, 9.17) is 14.2 Å². The summed E-state index contributed by atoms with van der Waals surface area (Å²) in [5, 5.41) is 13.3. The van der Waals surface area contributed by atoms with E-state index in [1.54, 1.807) is 7.11 Å². The van der Waals surface area contributed by atoms with Crippen LogP contribution in [0.2, 0.25) is 0 Å². The molecule has 0 aromatic heterocycles. The number of aliphatic hydroxyl groups is 1. The van der Waals surface area contributed by atoms with E-state index >= 15 is 0 Å². The van der Waals surface area contributed by atoms with Gasteiger partial charge in [-0.15, -0.1) is 0 Å². The van der Waals surface area contributed by atoms with Crippen LogP contribution in [0.3, 0.4) is 0 Å². The van der Waals surface area contributed by atoms with Gasteiger partial charge in [0.1, 0.15) is 0 Å². The number of hydrogen-bond donors (Lipinski definition) is 2. The van der Waals surface area contributed by atoms with Crippen molar-refractivity contribution >= 4 is 0 Å². The third-order valence-corrected chi connectivity index (χ3v) is 4.66. The summed E-state index contributed by atoms with van der Waals surface area (Å²) in [7, 11) is 1.64. The number of benzene rings is 1. The van der Waals surface area contributed by atoms with Crippen LogP contribution in [0.5, 0.6) is 17.2 Å². The fourth-order valence-electron chi connectivity index (χ4n) is 3.49. The maximum Gasteiger partial charge on any atom is 0.231 e. The first kappa shape index (κ1) is 16.4. The van der Waals surface area contributed by atoms with E-state index in [1.165, 1.54) is 0 Å². The molecule has 0 radical (unpaired) electrons. The average Bonchev–Trinajstić information content (AvgIpc) is 3.03. The SMILES string of the molecule is COc1cc([C@@H](N2CCNCC2)C(C)(C)CO)cc2c1OCO2. The van der Waals surface area contributed by atoms with Gasteiger partial charge in [0.15, 0.2) is 11.5 Å². The van der Waals surface area contributed by atoms with E-state index in [-0.39, 0.29) is 24.9 Å². The van der Waals surface area contributed by atoms with Crippen LogP contribution in [0.1, 0.15) is 25.5 Å². The number of ether oxygens (including phenoxy) is 3. The predicted molar refractivity (Wildman–Crippen MR) is 87.2 cm³/mol. The molecule has 0 unspecified atom stereocenters. The highest BCUT2D eigenvalue weighted by atomic mass is 16.7. The van der Waals surface area contributed by atoms with Crippen LogP contribution in [-0.2, 0) is 0 Å². The zero-order chi connectivity index (χ0) is 16.4. The highest BCUT2D eigenvalue weighted by Gasteiger charge is 2.37. The van der Waals surface area contributed by atoms with Gasteiger partial charge in [-0.2, -0.15) is 0 Å². The third-order valence-electron chi connectivity index (χ3n) is 4.66. The van der Waals surface area contributed by atoms with Crippen LogP contribution in [0.15, 0.2) is 12.1 Å². The molecule has 1 atom stereocenters. The largest absolute Gasteiger partial charge is 0.493 e.